The van der Waals surface area contributed by atoms with E-state index < -0.39 is 0 Å². The second-order valence-electron chi connectivity index (χ2n) is 5.64. The normalized spacial score (nSPS) is 10.2. The van der Waals surface area contributed by atoms with E-state index in [1.807, 2.05) is 56.3 Å². The van der Waals surface area contributed by atoms with Crippen molar-refractivity contribution in [3.8, 4) is 0 Å². The van der Waals surface area contributed by atoms with Crippen molar-refractivity contribution in [1.82, 2.24) is 0 Å². The summed E-state index contributed by atoms with van der Waals surface area (Å²) in [5.74, 6) is -0.640. The molecule has 2 N–H and O–H groups in total. The smallest absolute Gasteiger partial charge is 0.233 e. The Kier molecular flexibility index (Phi) is 5.52. The predicted molar refractivity (Wildman–Crippen MR) is 93.6 cm³/mol. The topological polar surface area (TPSA) is 58.2 Å². The van der Waals surface area contributed by atoms with Crippen LogP contribution in [0.15, 0.2) is 42.5 Å². The maximum atomic E-state index is 12.0. The minimum atomic E-state index is -0.322. The van der Waals surface area contributed by atoms with Gasteiger partial charge in [-0.05, 0) is 55.2 Å². The van der Waals surface area contributed by atoms with Crippen LogP contribution in [0, 0.1) is 13.8 Å². The first-order valence-corrected chi connectivity index (χ1v) is 7.74. The molecule has 0 aliphatic rings. The first-order chi connectivity index (χ1) is 11.0. The van der Waals surface area contributed by atoms with Crippen molar-refractivity contribution in [2.24, 2.45) is 0 Å². The number of hydrogen-bond donors (Lipinski definition) is 2. The molecule has 2 amide bonds. The third-order valence-corrected chi connectivity index (χ3v) is 3.63. The first-order valence-electron chi connectivity index (χ1n) is 7.74. The Morgan fingerprint density at radius 2 is 1.57 bits per heavy atom. The zero-order chi connectivity index (χ0) is 16.8. The van der Waals surface area contributed by atoms with Gasteiger partial charge in [-0.2, -0.15) is 0 Å². The average Bonchev–Trinajstić information content (AvgIpc) is 2.51. The van der Waals surface area contributed by atoms with Crippen molar-refractivity contribution >= 4 is 23.2 Å². The van der Waals surface area contributed by atoms with Crippen molar-refractivity contribution in [3.05, 3.63) is 59.2 Å². The minimum Gasteiger partial charge on any atom is -0.326 e. The molecule has 0 saturated heterocycles. The van der Waals surface area contributed by atoms with E-state index in [1.165, 1.54) is 5.56 Å². The molecule has 0 spiro atoms. The fourth-order valence-corrected chi connectivity index (χ4v) is 2.24. The lowest BCUT2D eigenvalue weighted by atomic mass is 10.1. The molecular weight excluding hydrogens is 288 g/mol. The molecule has 120 valence electrons. The number of benzene rings is 2. The highest BCUT2D eigenvalue weighted by Crippen LogP contribution is 2.16. The van der Waals surface area contributed by atoms with E-state index >= 15 is 0 Å². The molecule has 2 aromatic rings. The van der Waals surface area contributed by atoms with Gasteiger partial charge in [-0.3, -0.25) is 9.59 Å². The van der Waals surface area contributed by atoms with Gasteiger partial charge in [0.2, 0.25) is 11.8 Å². The molecule has 0 aliphatic carbocycles. The van der Waals surface area contributed by atoms with E-state index in [4.69, 9.17) is 0 Å². The molecule has 2 rings (SSSR count). The lowest BCUT2D eigenvalue weighted by Crippen LogP contribution is -2.21. The van der Waals surface area contributed by atoms with Crippen LogP contribution in [0.3, 0.4) is 0 Å². The summed E-state index contributed by atoms with van der Waals surface area (Å²) < 4.78 is 0. The maximum absolute atomic E-state index is 12.0. The van der Waals surface area contributed by atoms with Gasteiger partial charge < -0.3 is 10.6 Å². The Bertz CT molecular complexity index is 706. The zero-order valence-electron chi connectivity index (χ0n) is 13.8. The van der Waals surface area contributed by atoms with Crippen LogP contribution in [0.1, 0.15) is 30.0 Å². The number of carbonyl (C=O) groups excluding carboxylic acids is 2. The summed E-state index contributed by atoms with van der Waals surface area (Å²) in [4.78, 5) is 24.0. The molecule has 0 bridgehead atoms. The van der Waals surface area contributed by atoms with Crippen LogP contribution in [0.2, 0.25) is 0 Å². The Balaban J connectivity index is 1.91. The summed E-state index contributed by atoms with van der Waals surface area (Å²) in [6, 6.07) is 13.4. The van der Waals surface area contributed by atoms with Crippen molar-refractivity contribution in [2.75, 3.05) is 10.6 Å². The molecule has 0 heterocycles. The molecule has 23 heavy (non-hydrogen) atoms. The van der Waals surface area contributed by atoms with Crippen LogP contribution >= 0.6 is 0 Å². The third-order valence-electron chi connectivity index (χ3n) is 3.63. The second-order valence-corrected chi connectivity index (χ2v) is 5.64. The van der Waals surface area contributed by atoms with Crippen molar-refractivity contribution in [2.45, 2.75) is 33.6 Å². The van der Waals surface area contributed by atoms with E-state index in [9.17, 15) is 9.59 Å². The lowest BCUT2D eigenvalue weighted by Gasteiger charge is -2.10. The van der Waals surface area contributed by atoms with Crippen LogP contribution < -0.4 is 10.6 Å². The molecule has 0 unspecified atom stereocenters. The Morgan fingerprint density at radius 3 is 2.22 bits per heavy atom. The third kappa shape index (κ3) is 4.95. The van der Waals surface area contributed by atoms with E-state index in [2.05, 4.69) is 17.6 Å². The number of hydrogen-bond acceptors (Lipinski definition) is 2. The fraction of sp³-hybridized carbons (Fsp3) is 0.263. The van der Waals surface area contributed by atoms with Gasteiger partial charge in [0.05, 0.1) is 0 Å². The average molecular weight is 310 g/mol. The number of aryl methyl sites for hydroxylation is 3. The van der Waals surface area contributed by atoms with E-state index in [-0.39, 0.29) is 18.2 Å². The van der Waals surface area contributed by atoms with E-state index in [0.29, 0.717) is 5.69 Å². The highest BCUT2D eigenvalue weighted by molar-refractivity contribution is 6.08. The molecule has 4 nitrogen and oxygen atoms in total. The largest absolute Gasteiger partial charge is 0.326 e. The molecule has 0 atom stereocenters. The molecule has 2 aromatic carbocycles. The number of amides is 2. The van der Waals surface area contributed by atoms with Crippen molar-refractivity contribution < 1.29 is 9.59 Å². The summed E-state index contributed by atoms with van der Waals surface area (Å²) >= 11 is 0. The molecule has 0 aromatic heterocycles. The van der Waals surface area contributed by atoms with Crippen LogP contribution in [0.4, 0.5) is 11.4 Å². The van der Waals surface area contributed by atoms with Crippen LogP contribution in [0.5, 0.6) is 0 Å². The lowest BCUT2D eigenvalue weighted by molar-refractivity contribution is -0.123. The Labute approximate surface area is 136 Å². The monoisotopic (exact) mass is 310 g/mol. The van der Waals surface area contributed by atoms with Gasteiger partial charge in [-0.25, -0.2) is 0 Å². The minimum absolute atomic E-state index is 0.205. The first kappa shape index (κ1) is 16.7. The maximum Gasteiger partial charge on any atom is 0.233 e. The van der Waals surface area contributed by atoms with Gasteiger partial charge in [-0.1, -0.05) is 31.2 Å². The van der Waals surface area contributed by atoms with Crippen LogP contribution in [-0.4, -0.2) is 11.8 Å². The SMILES string of the molecule is CCc1ccc(NC(=O)CC(=O)Nc2cc(C)ccc2C)cc1. The number of carbonyl (C=O) groups is 2. The molecule has 0 saturated carbocycles. The highest BCUT2D eigenvalue weighted by Gasteiger charge is 2.11. The van der Waals surface area contributed by atoms with Gasteiger partial charge >= 0.3 is 0 Å². The standard InChI is InChI=1S/C19H22N2O2/c1-4-15-7-9-16(10-8-15)20-18(22)12-19(23)21-17-11-13(2)5-6-14(17)3/h5-11H,4,12H2,1-3H3,(H,20,22)(H,21,23). The Morgan fingerprint density at radius 1 is 0.913 bits per heavy atom. The van der Waals surface area contributed by atoms with E-state index in [1.54, 1.807) is 0 Å². The van der Waals surface area contributed by atoms with Crippen LogP contribution in [0.25, 0.3) is 0 Å². The molecular formula is C19H22N2O2. The second kappa shape index (κ2) is 7.58. The number of rotatable bonds is 5. The molecule has 0 radical (unpaired) electrons. The summed E-state index contributed by atoms with van der Waals surface area (Å²) in [5, 5.41) is 5.52. The number of nitrogens with one attached hydrogen (secondary N) is 2. The summed E-state index contributed by atoms with van der Waals surface area (Å²) in [5.41, 5.74) is 4.68. The predicted octanol–water partition coefficient (Wildman–Crippen LogP) is 3.83. The van der Waals surface area contributed by atoms with E-state index in [0.717, 1.165) is 23.2 Å². The van der Waals surface area contributed by atoms with Gasteiger partial charge in [0.1, 0.15) is 6.42 Å². The van der Waals surface area contributed by atoms with Gasteiger partial charge in [0, 0.05) is 11.4 Å². The summed E-state index contributed by atoms with van der Waals surface area (Å²) in [6.45, 7) is 5.96. The Hall–Kier alpha value is -2.62. The summed E-state index contributed by atoms with van der Waals surface area (Å²) in [7, 11) is 0. The van der Waals surface area contributed by atoms with Gasteiger partial charge in [0.15, 0.2) is 0 Å². The molecule has 0 aliphatic heterocycles. The quantitative estimate of drug-likeness (QED) is 0.825. The van der Waals surface area contributed by atoms with Crippen LogP contribution in [-0.2, 0) is 16.0 Å². The fourth-order valence-electron chi connectivity index (χ4n) is 2.24. The van der Waals surface area contributed by atoms with Crippen molar-refractivity contribution in [1.29, 1.82) is 0 Å². The zero-order valence-corrected chi connectivity index (χ0v) is 13.8. The van der Waals surface area contributed by atoms with Gasteiger partial charge in [-0.15, -0.1) is 0 Å². The molecule has 4 heteroatoms. The van der Waals surface area contributed by atoms with Gasteiger partial charge in [0.25, 0.3) is 0 Å². The summed E-state index contributed by atoms with van der Waals surface area (Å²) in [6.07, 6.45) is 0.745. The highest BCUT2D eigenvalue weighted by atomic mass is 16.2. The van der Waals surface area contributed by atoms with Crippen molar-refractivity contribution in [3.63, 3.8) is 0 Å². The number of anilines is 2. The molecule has 0 fully saturated rings.